The Morgan fingerprint density at radius 2 is 1.86 bits per heavy atom. The molecule has 3 rings (SSSR count). The van der Waals surface area contributed by atoms with E-state index in [2.05, 4.69) is 39.2 Å². The lowest BCUT2D eigenvalue weighted by Crippen LogP contribution is -1.72. The van der Waals surface area contributed by atoms with Gasteiger partial charge in [-0.05, 0) is 17.2 Å². The first-order valence-corrected chi connectivity index (χ1v) is 4.41. The number of imidazole rings is 1. The zero-order valence-electron chi connectivity index (χ0n) is 7.64. The normalized spacial score (nSPS) is 9.43. The summed E-state index contributed by atoms with van der Waals surface area (Å²) in [6.45, 7) is 0. The van der Waals surface area contributed by atoms with Crippen molar-refractivity contribution in [2.45, 2.75) is 0 Å². The summed E-state index contributed by atoms with van der Waals surface area (Å²) in [4.78, 5) is 9.44. The van der Waals surface area contributed by atoms with Gasteiger partial charge in [-0.25, -0.2) is 4.98 Å². The first-order valence-electron chi connectivity index (χ1n) is 4.41. The van der Waals surface area contributed by atoms with E-state index < -0.39 is 0 Å². The summed E-state index contributed by atoms with van der Waals surface area (Å²) in [5.74, 6) is 0. The van der Waals surface area contributed by atoms with Crippen molar-refractivity contribution in [1.82, 2.24) is 15.0 Å². The summed E-state index contributed by atoms with van der Waals surface area (Å²) in [5, 5.41) is 0. The van der Waals surface area contributed by atoms with Gasteiger partial charge in [0, 0.05) is 24.8 Å². The maximum Gasteiger partial charge on any atom is 0.0919 e. The van der Waals surface area contributed by atoms with Gasteiger partial charge in [-0.15, -0.1) is 0 Å². The molecule has 0 spiro atoms. The minimum absolute atomic E-state index is 1.28. The van der Waals surface area contributed by atoms with Gasteiger partial charge in [0.1, 0.15) is 0 Å². The second kappa shape index (κ2) is 4.28. The molecule has 2 heterocycles. The van der Waals surface area contributed by atoms with Crippen LogP contribution in [0.25, 0.3) is 11.1 Å². The number of nitrogens with zero attached hydrogens (tertiary/aromatic N) is 1. The largest absolute Gasteiger partial charge is 0.367 e. The predicted molar refractivity (Wildman–Crippen MR) is 56.0 cm³/mol. The monoisotopic (exact) mass is 185 g/mol. The average molecular weight is 185 g/mol. The molecule has 1 aliphatic carbocycles. The third-order valence-electron chi connectivity index (χ3n) is 1.89. The third kappa shape index (κ3) is 2.01. The molecule has 0 bridgehead atoms. The van der Waals surface area contributed by atoms with E-state index in [1.165, 1.54) is 11.1 Å². The molecule has 0 saturated carbocycles. The van der Waals surface area contributed by atoms with Gasteiger partial charge in [0.25, 0.3) is 0 Å². The number of rotatable bonds is 0. The van der Waals surface area contributed by atoms with Gasteiger partial charge in [0.2, 0.25) is 0 Å². The van der Waals surface area contributed by atoms with Crippen molar-refractivity contribution in [3.8, 4) is 11.1 Å². The van der Waals surface area contributed by atoms with E-state index in [-0.39, 0.29) is 0 Å². The van der Waals surface area contributed by atoms with Crippen LogP contribution in [-0.4, -0.2) is 15.0 Å². The van der Waals surface area contributed by atoms with E-state index in [9.17, 15) is 0 Å². The summed E-state index contributed by atoms with van der Waals surface area (Å²) in [5.41, 5.74) is 2.58. The number of hydrogen-bond donors (Lipinski definition) is 2. The smallest absolute Gasteiger partial charge is 0.0919 e. The zero-order valence-corrected chi connectivity index (χ0v) is 7.64. The SMILES string of the molecule is c1c[nH]cn1.c1cc2cc[nH]cc-2c1. The molecule has 0 saturated heterocycles. The molecule has 3 nitrogen and oxygen atoms in total. The highest BCUT2D eigenvalue weighted by atomic mass is 14.8. The van der Waals surface area contributed by atoms with Crippen LogP contribution in [0.3, 0.4) is 0 Å². The van der Waals surface area contributed by atoms with Gasteiger partial charge >= 0.3 is 0 Å². The summed E-state index contributed by atoms with van der Waals surface area (Å²) in [7, 11) is 0. The van der Waals surface area contributed by atoms with Crippen LogP contribution in [0.1, 0.15) is 0 Å². The second-order valence-corrected chi connectivity index (χ2v) is 2.84. The number of hydrogen-bond acceptors (Lipinski definition) is 1. The fourth-order valence-electron chi connectivity index (χ4n) is 1.22. The molecule has 2 N–H and O–H groups in total. The summed E-state index contributed by atoms with van der Waals surface area (Å²) in [6.07, 6.45) is 9.01. The van der Waals surface area contributed by atoms with Crippen molar-refractivity contribution in [1.29, 1.82) is 0 Å². The Kier molecular flexibility index (Phi) is 2.62. The van der Waals surface area contributed by atoms with Crippen molar-refractivity contribution >= 4 is 0 Å². The van der Waals surface area contributed by atoms with E-state index in [4.69, 9.17) is 0 Å². The first kappa shape index (κ1) is 8.56. The van der Waals surface area contributed by atoms with Crippen LogP contribution >= 0.6 is 0 Å². The first-order chi connectivity index (χ1) is 6.97. The van der Waals surface area contributed by atoms with Gasteiger partial charge < -0.3 is 9.97 Å². The van der Waals surface area contributed by atoms with E-state index in [0.29, 0.717) is 0 Å². The van der Waals surface area contributed by atoms with Crippen LogP contribution in [-0.2, 0) is 0 Å². The molecule has 0 unspecified atom stereocenters. The number of fused-ring (bicyclic) bond motifs is 1. The molecule has 1 aromatic rings. The maximum absolute atomic E-state index is 3.67. The number of aromatic nitrogens is 3. The Balaban J connectivity index is 0.000000128. The van der Waals surface area contributed by atoms with Crippen LogP contribution < -0.4 is 0 Å². The Hall–Kier alpha value is -2.03. The molecule has 3 heteroatoms. The van der Waals surface area contributed by atoms with Gasteiger partial charge in [0.05, 0.1) is 6.33 Å². The van der Waals surface area contributed by atoms with Gasteiger partial charge in [0.15, 0.2) is 0 Å². The molecular formula is C11H11N3. The van der Waals surface area contributed by atoms with Gasteiger partial charge in [-0.1, -0.05) is 18.2 Å². The standard InChI is InChI=1S/C8H7N.C3H4N2/c1-2-7-4-5-9-6-8(7)3-1;1-2-5-3-4-1/h1-6,9H;1-3H,(H,4,5). The molecule has 1 aromatic heterocycles. The summed E-state index contributed by atoms with van der Waals surface area (Å²) in [6, 6.07) is 8.31. The molecule has 0 aromatic carbocycles. The van der Waals surface area contributed by atoms with Crippen molar-refractivity contribution in [2.75, 3.05) is 0 Å². The highest BCUT2D eigenvalue weighted by Gasteiger charge is 1.95. The third-order valence-corrected chi connectivity index (χ3v) is 1.89. The second-order valence-electron chi connectivity index (χ2n) is 2.84. The quantitative estimate of drug-likeness (QED) is 0.555. The fraction of sp³-hybridized carbons (Fsp3) is 0. The molecule has 2 aliphatic rings. The lowest BCUT2D eigenvalue weighted by Gasteiger charge is -1.93. The van der Waals surface area contributed by atoms with Crippen LogP contribution in [0.2, 0.25) is 0 Å². The van der Waals surface area contributed by atoms with Crippen molar-refractivity contribution in [3.05, 3.63) is 55.4 Å². The number of aromatic amines is 2. The predicted octanol–water partition coefficient (Wildman–Crippen LogP) is 2.53. The molecule has 0 amide bonds. The van der Waals surface area contributed by atoms with Crippen LogP contribution in [0.5, 0.6) is 0 Å². The van der Waals surface area contributed by atoms with Crippen LogP contribution in [0, 0.1) is 0 Å². The zero-order chi connectivity index (χ0) is 9.64. The molecule has 70 valence electrons. The lowest BCUT2D eigenvalue weighted by atomic mass is 10.2. The topological polar surface area (TPSA) is 44.5 Å². The molecule has 0 atom stereocenters. The fourth-order valence-corrected chi connectivity index (χ4v) is 1.22. The maximum atomic E-state index is 3.67. The highest BCUT2D eigenvalue weighted by Crippen LogP contribution is 2.19. The molecule has 14 heavy (non-hydrogen) atoms. The van der Waals surface area contributed by atoms with Crippen molar-refractivity contribution in [3.63, 3.8) is 0 Å². The van der Waals surface area contributed by atoms with Gasteiger partial charge in [-0.3, -0.25) is 0 Å². The average Bonchev–Trinajstić information content (AvgIpc) is 2.92. The Morgan fingerprint density at radius 1 is 0.929 bits per heavy atom. The van der Waals surface area contributed by atoms with E-state index in [1.807, 2.05) is 12.4 Å². The van der Waals surface area contributed by atoms with E-state index in [1.54, 1.807) is 18.7 Å². The minimum atomic E-state index is 1.28. The summed E-state index contributed by atoms with van der Waals surface area (Å²) >= 11 is 0. The molecule has 1 aliphatic heterocycles. The van der Waals surface area contributed by atoms with E-state index in [0.717, 1.165) is 0 Å². The van der Waals surface area contributed by atoms with Crippen molar-refractivity contribution in [2.24, 2.45) is 0 Å². The van der Waals surface area contributed by atoms with Crippen molar-refractivity contribution < 1.29 is 0 Å². The molecule has 0 radical (unpaired) electrons. The van der Waals surface area contributed by atoms with Gasteiger partial charge in [-0.2, -0.15) is 0 Å². The Bertz CT molecular complexity index is 383. The molecular weight excluding hydrogens is 174 g/mol. The Morgan fingerprint density at radius 3 is 2.50 bits per heavy atom. The van der Waals surface area contributed by atoms with Crippen LogP contribution in [0.15, 0.2) is 55.4 Å². The Labute approximate surface area is 82.2 Å². The highest BCUT2D eigenvalue weighted by molar-refractivity contribution is 5.64. The lowest BCUT2D eigenvalue weighted by molar-refractivity contribution is 1.31. The number of pyridine rings is 1. The number of H-pyrrole nitrogens is 2. The van der Waals surface area contributed by atoms with E-state index >= 15 is 0 Å². The summed E-state index contributed by atoms with van der Waals surface area (Å²) < 4.78 is 0. The molecule has 0 fully saturated rings. The number of nitrogens with one attached hydrogen (secondary N) is 2. The van der Waals surface area contributed by atoms with Crippen LogP contribution in [0.4, 0.5) is 0 Å². The minimum Gasteiger partial charge on any atom is -0.367 e.